The first-order chi connectivity index (χ1) is 16.4. The van der Waals surface area contributed by atoms with Gasteiger partial charge in [-0.3, -0.25) is 0 Å². The lowest BCUT2D eigenvalue weighted by atomic mass is 9.87. The van der Waals surface area contributed by atoms with Crippen LogP contribution in [0.5, 0.6) is 0 Å². The van der Waals surface area contributed by atoms with Gasteiger partial charge in [0.15, 0.2) is 0 Å². The van der Waals surface area contributed by atoms with Crippen molar-refractivity contribution in [3.63, 3.8) is 0 Å². The maximum atomic E-state index is 13.2. The fourth-order valence-electron chi connectivity index (χ4n) is 3.95. The van der Waals surface area contributed by atoms with Crippen molar-refractivity contribution >= 4 is 55.5 Å². The molecule has 2 aromatic heterocycles. The second kappa shape index (κ2) is 8.77. The van der Waals surface area contributed by atoms with E-state index < -0.39 is 17.5 Å². The molecule has 1 atom stereocenters. The number of aromatic nitrogens is 2. The summed E-state index contributed by atoms with van der Waals surface area (Å²) in [5.74, 6) is -1.13. The van der Waals surface area contributed by atoms with E-state index >= 15 is 0 Å². The van der Waals surface area contributed by atoms with Crippen molar-refractivity contribution in [1.29, 1.82) is 0 Å². The number of hydrogen-bond acceptors (Lipinski definition) is 7. The van der Waals surface area contributed by atoms with Crippen LogP contribution >= 0.6 is 31.9 Å². The van der Waals surface area contributed by atoms with Gasteiger partial charge in [0.25, 0.3) is 6.01 Å². The zero-order valence-corrected chi connectivity index (χ0v) is 20.9. The number of benzene rings is 2. The lowest BCUT2D eigenvalue weighted by Crippen LogP contribution is -2.37. The molecule has 172 valence electrons. The van der Waals surface area contributed by atoms with E-state index in [9.17, 15) is 9.59 Å². The first kappa shape index (κ1) is 22.4. The molecule has 10 heteroatoms. The normalized spacial score (nSPS) is 15.2. The maximum absolute atomic E-state index is 13.2. The number of nitrogens with zero attached hydrogens (tertiary/aromatic N) is 2. The van der Waals surface area contributed by atoms with Crippen LogP contribution in [-0.2, 0) is 9.53 Å². The predicted molar refractivity (Wildman–Crippen MR) is 132 cm³/mol. The van der Waals surface area contributed by atoms with Crippen molar-refractivity contribution in [2.75, 3.05) is 12.3 Å². The highest BCUT2D eigenvalue weighted by molar-refractivity contribution is 9.10. The van der Waals surface area contributed by atoms with Crippen LogP contribution in [0, 0.1) is 0 Å². The van der Waals surface area contributed by atoms with E-state index in [1.54, 1.807) is 13.0 Å². The molecule has 0 saturated heterocycles. The van der Waals surface area contributed by atoms with Gasteiger partial charge in [0.05, 0.1) is 12.5 Å². The quantitative estimate of drug-likeness (QED) is 0.365. The summed E-state index contributed by atoms with van der Waals surface area (Å²) in [4.78, 5) is 30.6. The Balaban J connectivity index is 1.88. The standard InChI is InChI=1S/C24H17Br2N3O5/c1-2-32-23(31)18-17(13-5-9-15(26)10-6-13)19-21(34-24(27)28-19)29-16(22(30)33-20(18)29)11-12-3-7-14(25)8-4-12/h3-11,17H,2H2,1H3,(H2,27,28)/b16-11+/t17-/m0/s1. The first-order valence-corrected chi connectivity index (χ1v) is 11.9. The Bertz CT molecular complexity index is 1580. The molecule has 2 N–H and O–H groups in total. The van der Waals surface area contributed by atoms with Gasteiger partial charge in [-0.2, -0.15) is 4.98 Å². The number of anilines is 1. The first-order valence-electron chi connectivity index (χ1n) is 10.3. The van der Waals surface area contributed by atoms with Gasteiger partial charge in [-0.15, -0.1) is 0 Å². The van der Waals surface area contributed by atoms with Crippen molar-refractivity contribution in [2.24, 2.45) is 0 Å². The molecule has 34 heavy (non-hydrogen) atoms. The Labute approximate surface area is 209 Å². The molecule has 1 aliphatic rings. The molecule has 0 amide bonds. The summed E-state index contributed by atoms with van der Waals surface area (Å²) in [5, 5.41) is 0.158. The number of fused-ring (bicyclic) bond motifs is 3. The van der Waals surface area contributed by atoms with E-state index in [1.165, 1.54) is 4.57 Å². The summed E-state index contributed by atoms with van der Waals surface area (Å²) in [5.41, 5.74) is 7.31. The van der Waals surface area contributed by atoms with Crippen molar-refractivity contribution in [2.45, 2.75) is 12.8 Å². The number of halogens is 2. The van der Waals surface area contributed by atoms with E-state index in [1.807, 2.05) is 48.5 Å². The van der Waals surface area contributed by atoms with Crippen molar-refractivity contribution in [3.05, 3.63) is 95.6 Å². The topological polar surface area (TPSA) is 113 Å². The molecule has 3 heterocycles. The molecule has 0 aliphatic carbocycles. The van der Waals surface area contributed by atoms with Gasteiger partial charge in [-0.05, 0) is 48.4 Å². The van der Waals surface area contributed by atoms with Crippen LogP contribution in [0.3, 0.4) is 0 Å². The van der Waals surface area contributed by atoms with Gasteiger partial charge >= 0.3 is 11.6 Å². The van der Waals surface area contributed by atoms with Crippen molar-refractivity contribution < 1.29 is 18.4 Å². The number of esters is 1. The molecule has 1 aliphatic heterocycles. The predicted octanol–water partition coefficient (Wildman–Crippen LogP) is 3.21. The lowest BCUT2D eigenvalue weighted by molar-refractivity contribution is -0.136. The van der Waals surface area contributed by atoms with Crippen LogP contribution in [0.1, 0.15) is 29.7 Å². The Morgan fingerprint density at radius 3 is 2.41 bits per heavy atom. The Kier molecular flexibility index (Phi) is 5.78. The highest BCUT2D eigenvalue weighted by Gasteiger charge is 2.39. The zero-order valence-electron chi connectivity index (χ0n) is 17.7. The summed E-state index contributed by atoms with van der Waals surface area (Å²) in [6.07, 6.45) is 1.65. The number of nitrogens with two attached hydrogens (primary N) is 1. The summed E-state index contributed by atoms with van der Waals surface area (Å²) < 4.78 is 19.9. The molecule has 0 saturated carbocycles. The van der Waals surface area contributed by atoms with Gasteiger partial charge in [0.2, 0.25) is 11.4 Å². The third kappa shape index (κ3) is 3.82. The van der Waals surface area contributed by atoms with Crippen LogP contribution in [-0.4, -0.2) is 22.1 Å². The van der Waals surface area contributed by atoms with E-state index in [4.69, 9.17) is 19.3 Å². The van der Waals surface area contributed by atoms with Gasteiger partial charge in [0.1, 0.15) is 16.6 Å². The molecule has 5 rings (SSSR count). The second-order valence-electron chi connectivity index (χ2n) is 7.47. The van der Waals surface area contributed by atoms with Gasteiger partial charge < -0.3 is 19.3 Å². The number of oxazole rings is 2. The summed E-state index contributed by atoms with van der Waals surface area (Å²) in [6, 6.07) is 14.7. The Morgan fingerprint density at radius 2 is 1.76 bits per heavy atom. The Morgan fingerprint density at radius 1 is 1.12 bits per heavy atom. The highest BCUT2D eigenvalue weighted by Crippen LogP contribution is 2.38. The molecule has 0 spiro atoms. The van der Waals surface area contributed by atoms with Crippen LogP contribution in [0.4, 0.5) is 6.01 Å². The largest absolute Gasteiger partial charge is 0.462 e. The molecule has 0 bridgehead atoms. The van der Waals surface area contributed by atoms with E-state index in [0.717, 1.165) is 20.1 Å². The zero-order chi connectivity index (χ0) is 24.0. The number of carbonyl (C=O) groups excluding carboxylic acids is 1. The highest BCUT2D eigenvalue weighted by atomic mass is 79.9. The molecule has 0 unspecified atom stereocenters. The van der Waals surface area contributed by atoms with E-state index in [2.05, 4.69) is 36.8 Å². The smallest absolute Gasteiger partial charge is 0.362 e. The molecular weight excluding hydrogens is 570 g/mol. The number of rotatable bonds is 4. The monoisotopic (exact) mass is 585 g/mol. The van der Waals surface area contributed by atoms with E-state index in [0.29, 0.717) is 5.69 Å². The summed E-state index contributed by atoms with van der Waals surface area (Å²) in [7, 11) is 0. The van der Waals surface area contributed by atoms with Crippen LogP contribution < -0.4 is 22.3 Å². The van der Waals surface area contributed by atoms with Crippen LogP contribution in [0.25, 0.3) is 17.5 Å². The molecule has 0 radical (unpaired) electrons. The minimum absolute atomic E-state index is 0.0170. The SMILES string of the molecule is CCOC(=O)C1=c2oc(=O)/c(=C\c3ccc(Br)cc3)n2-c2oc(N)nc2[C@H]1c1ccc(Br)cc1. The van der Waals surface area contributed by atoms with Gasteiger partial charge in [0, 0.05) is 8.95 Å². The van der Waals surface area contributed by atoms with Crippen LogP contribution in [0.15, 0.2) is 71.1 Å². The number of hydrogen-bond donors (Lipinski definition) is 1. The average molecular weight is 587 g/mol. The molecule has 2 aromatic carbocycles. The minimum Gasteiger partial charge on any atom is -0.462 e. The lowest BCUT2D eigenvalue weighted by Gasteiger charge is -2.21. The summed E-state index contributed by atoms with van der Waals surface area (Å²) >= 11 is 6.82. The maximum Gasteiger partial charge on any atom is 0.362 e. The fourth-order valence-corrected chi connectivity index (χ4v) is 4.48. The Hall–Kier alpha value is -3.37. The van der Waals surface area contributed by atoms with Crippen molar-refractivity contribution in [3.8, 4) is 5.88 Å². The van der Waals surface area contributed by atoms with Crippen LogP contribution in [0.2, 0.25) is 0 Å². The third-order valence-electron chi connectivity index (χ3n) is 5.36. The number of ether oxygens (including phenoxy) is 1. The average Bonchev–Trinajstić information content (AvgIpc) is 3.34. The summed E-state index contributed by atoms with van der Waals surface area (Å²) in [6.45, 7) is 1.85. The second-order valence-corrected chi connectivity index (χ2v) is 9.30. The van der Waals surface area contributed by atoms with Crippen molar-refractivity contribution in [1.82, 2.24) is 9.55 Å². The van der Waals surface area contributed by atoms with E-state index in [-0.39, 0.29) is 35.0 Å². The number of nitrogen functional groups attached to an aromatic ring is 1. The van der Waals surface area contributed by atoms with Gasteiger partial charge in [-0.1, -0.05) is 56.1 Å². The molecule has 0 fully saturated rings. The minimum atomic E-state index is -0.714. The van der Waals surface area contributed by atoms with Gasteiger partial charge in [-0.25, -0.2) is 14.2 Å². The molecule has 8 nitrogen and oxygen atoms in total. The molecular formula is C24H17Br2N3O5. The number of carbonyl (C=O) groups is 1. The molecule has 4 aromatic rings. The fraction of sp³-hybridized carbons (Fsp3) is 0.125. The third-order valence-corrected chi connectivity index (χ3v) is 6.42.